The molecule has 0 spiro atoms. The number of hydrogen-bond donors (Lipinski definition) is 1. The predicted octanol–water partition coefficient (Wildman–Crippen LogP) is 3.75. The SMILES string of the molecule is CCC/C=C\CC(COC(O)CC)C(C)C. The molecular weight excluding hydrogens is 200 g/mol. The first-order valence-corrected chi connectivity index (χ1v) is 6.56. The highest BCUT2D eigenvalue weighted by molar-refractivity contribution is 4.84. The standard InChI is InChI=1S/C14H28O2/c1-5-7-8-9-10-13(12(3)4)11-16-14(15)6-2/h8-9,12-15H,5-7,10-11H2,1-4H3/b9-8-. The number of aliphatic hydroxyl groups excluding tert-OH is 1. The molecule has 0 saturated heterocycles. The van der Waals surface area contributed by atoms with Crippen LogP contribution in [0.25, 0.3) is 0 Å². The van der Waals surface area contributed by atoms with Gasteiger partial charge in [0.1, 0.15) is 0 Å². The molecule has 2 atom stereocenters. The minimum atomic E-state index is -0.596. The van der Waals surface area contributed by atoms with Crippen LogP contribution in [0, 0.1) is 11.8 Å². The molecule has 0 aliphatic rings. The van der Waals surface area contributed by atoms with Crippen LogP contribution in [0.3, 0.4) is 0 Å². The van der Waals surface area contributed by atoms with E-state index in [0.717, 1.165) is 12.8 Å². The highest BCUT2D eigenvalue weighted by Crippen LogP contribution is 2.17. The zero-order chi connectivity index (χ0) is 12.4. The molecule has 0 aliphatic carbocycles. The fraction of sp³-hybridized carbons (Fsp3) is 0.857. The van der Waals surface area contributed by atoms with E-state index in [2.05, 4.69) is 32.9 Å². The maximum Gasteiger partial charge on any atom is 0.154 e. The molecule has 0 amide bonds. The van der Waals surface area contributed by atoms with Gasteiger partial charge in [0.15, 0.2) is 6.29 Å². The van der Waals surface area contributed by atoms with Crippen LogP contribution in [0.15, 0.2) is 12.2 Å². The minimum Gasteiger partial charge on any atom is -0.368 e. The molecule has 96 valence electrons. The molecule has 2 heteroatoms. The van der Waals surface area contributed by atoms with Gasteiger partial charge in [-0.1, -0.05) is 46.3 Å². The van der Waals surface area contributed by atoms with Gasteiger partial charge in [-0.25, -0.2) is 0 Å². The van der Waals surface area contributed by atoms with Gasteiger partial charge in [-0.05, 0) is 31.1 Å². The van der Waals surface area contributed by atoms with Crippen molar-refractivity contribution in [1.82, 2.24) is 0 Å². The van der Waals surface area contributed by atoms with Gasteiger partial charge in [-0.15, -0.1) is 0 Å². The van der Waals surface area contributed by atoms with Crippen LogP contribution >= 0.6 is 0 Å². The first-order valence-electron chi connectivity index (χ1n) is 6.56. The van der Waals surface area contributed by atoms with Gasteiger partial charge in [-0.3, -0.25) is 0 Å². The van der Waals surface area contributed by atoms with Gasteiger partial charge in [0.05, 0.1) is 6.61 Å². The topological polar surface area (TPSA) is 29.5 Å². The van der Waals surface area contributed by atoms with Crippen molar-refractivity contribution in [3.05, 3.63) is 12.2 Å². The van der Waals surface area contributed by atoms with E-state index < -0.39 is 6.29 Å². The van der Waals surface area contributed by atoms with Crippen molar-refractivity contribution < 1.29 is 9.84 Å². The van der Waals surface area contributed by atoms with Crippen LogP contribution < -0.4 is 0 Å². The van der Waals surface area contributed by atoms with E-state index in [4.69, 9.17) is 4.74 Å². The molecule has 0 aromatic rings. The normalized spacial score (nSPS) is 15.9. The minimum absolute atomic E-state index is 0.509. The molecule has 0 heterocycles. The van der Waals surface area contributed by atoms with Crippen LogP contribution in [-0.4, -0.2) is 18.0 Å². The monoisotopic (exact) mass is 228 g/mol. The second kappa shape index (κ2) is 9.86. The fourth-order valence-electron chi connectivity index (χ4n) is 1.44. The Hall–Kier alpha value is -0.340. The summed E-state index contributed by atoms with van der Waals surface area (Å²) in [6, 6.07) is 0. The molecule has 0 rings (SSSR count). The number of rotatable bonds is 9. The van der Waals surface area contributed by atoms with E-state index in [1.165, 1.54) is 6.42 Å². The van der Waals surface area contributed by atoms with Gasteiger partial charge >= 0.3 is 0 Å². The third-order valence-corrected chi connectivity index (χ3v) is 2.86. The Kier molecular flexibility index (Phi) is 9.65. The van der Waals surface area contributed by atoms with Gasteiger partial charge in [0.25, 0.3) is 0 Å². The Balaban J connectivity index is 3.88. The van der Waals surface area contributed by atoms with Gasteiger partial charge in [0, 0.05) is 0 Å². The van der Waals surface area contributed by atoms with Crippen LogP contribution in [0.2, 0.25) is 0 Å². The van der Waals surface area contributed by atoms with Crippen molar-refractivity contribution in [1.29, 1.82) is 0 Å². The third-order valence-electron chi connectivity index (χ3n) is 2.86. The third kappa shape index (κ3) is 7.89. The Morgan fingerprint density at radius 1 is 1.19 bits per heavy atom. The highest BCUT2D eigenvalue weighted by Gasteiger charge is 2.13. The maximum atomic E-state index is 9.36. The van der Waals surface area contributed by atoms with E-state index in [1.807, 2.05) is 6.92 Å². The largest absolute Gasteiger partial charge is 0.368 e. The van der Waals surface area contributed by atoms with Crippen LogP contribution in [-0.2, 0) is 4.74 Å². The predicted molar refractivity (Wildman–Crippen MR) is 69.2 cm³/mol. The summed E-state index contributed by atoms with van der Waals surface area (Å²) in [5.41, 5.74) is 0. The molecule has 0 saturated carbocycles. The summed E-state index contributed by atoms with van der Waals surface area (Å²) in [6.45, 7) is 9.18. The molecule has 1 N–H and O–H groups in total. The fourth-order valence-corrected chi connectivity index (χ4v) is 1.44. The van der Waals surface area contributed by atoms with E-state index in [1.54, 1.807) is 0 Å². The van der Waals surface area contributed by atoms with Crippen LogP contribution in [0.4, 0.5) is 0 Å². The number of ether oxygens (including phenoxy) is 1. The summed E-state index contributed by atoms with van der Waals surface area (Å²) in [7, 11) is 0. The molecule has 0 bridgehead atoms. The first-order chi connectivity index (χ1) is 7.61. The van der Waals surface area contributed by atoms with Gasteiger partial charge in [0.2, 0.25) is 0 Å². The second-order valence-electron chi connectivity index (χ2n) is 4.70. The molecule has 0 aromatic heterocycles. The second-order valence-corrected chi connectivity index (χ2v) is 4.70. The van der Waals surface area contributed by atoms with Crippen LogP contribution in [0.5, 0.6) is 0 Å². The average Bonchev–Trinajstić information content (AvgIpc) is 2.27. The van der Waals surface area contributed by atoms with Crippen molar-refractivity contribution >= 4 is 0 Å². The Bertz CT molecular complexity index is 176. The Labute approximate surface area is 101 Å². The number of hydrogen-bond acceptors (Lipinski definition) is 2. The zero-order valence-electron chi connectivity index (χ0n) is 11.3. The number of unbranched alkanes of at least 4 members (excludes halogenated alkanes) is 1. The lowest BCUT2D eigenvalue weighted by atomic mass is 9.93. The van der Waals surface area contributed by atoms with E-state index in [0.29, 0.717) is 24.9 Å². The average molecular weight is 228 g/mol. The summed E-state index contributed by atoms with van der Waals surface area (Å²) in [4.78, 5) is 0. The smallest absolute Gasteiger partial charge is 0.154 e. The molecule has 0 aliphatic heterocycles. The van der Waals surface area contributed by atoms with Crippen molar-refractivity contribution in [2.24, 2.45) is 11.8 Å². The lowest BCUT2D eigenvalue weighted by Crippen LogP contribution is -2.20. The number of allylic oxidation sites excluding steroid dienone is 2. The lowest BCUT2D eigenvalue weighted by Gasteiger charge is -2.21. The summed E-state index contributed by atoms with van der Waals surface area (Å²) >= 11 is 0. The molecule has 0 radical (unpaired) electrons. The van der Waals surface area contributed by atoms with Crippen LogP contribution in [0.1, 0.15) is 53.4 Å². The van der Waals surface area contributed by atoms with Crippen molar-refractivity contribution in [2.45, 2.75) is 59.7 Å². The molecule has 0 aromatic carbocycles. The molecular formula is C14H28O2. The molecule has 16 heavy (non-hydrogen) atoms. The highest BCUT2D eigenvalue weighted by atomic mass is 16.6. The summed E-state index contributed by atoms with van der Waals surface area (Å²) < 4.78 is 5.39. The summed E-state index contributed by atoms with van der Waals surface area (Å²) in [6.07, 6.45) is 7.96. The van der Waals surface area contributed by atoms with E-state index in [-0.39, 0.29) is 0 Å². The maximum absolute atomic E-state index is 9.36. The van der Waals surface area contributed by atoms with Crippen molar-refractivity contribution in [3.8, 4) is 0 Å². The van der Waals surface area contributed by atoms with E-state index in [9.17, 15) is 5.11 Å². The van der Waals surface area contributed by atoms with Gasteiger partial charge in [-0.2, -0.15) is 0 Å². The molecule has 2 nitrogen and oxygen atoms in total. The quantitative estimate of drug-likeness (QED) is 0.481. The first kappa shape index (κ1) is 15.7. The number of aliphatic hydroxyl groups is 1. The van der Waals surface area contributed by atoms with E-state index >= 15 is 0 Å². The Morgan fingerprint density at radius 2 is 1.88 bits per heavy atom. The molecule has 2 unspecified atom stereocenters. The zero-order valence-corrected chi connectivity index (χ0v) is 11.3. The lowest BCUT2D eigenvalue weighted by molar-refractivity contribution is -0.114. The van der Waals surface area contributed by atoms with Crippen molar-refractivity contribution in [3.63, 3.8) is 0 Å². The van der Waals surface area contributed by atoms with Crippen molar-refractivity contribution in [2.75, 3.05) is 6.61 Å². The summed E-state index contributed by atoms with van der Waals surface area (Å²) in [5.74, 6) is 1.10. The van der Waals surface area contributed by atoms with Gasteiger partial charge < -0.3 is 9.84 Å². The Morgan fingerprint density at radius 3 is 2.38 bits per heavy atom. The molecule has 0 fully saturated rings. The summed E-state index contributed by atoms with van der Waals surface area (Å²) in [5, 5.41) is 9.36.